The van der Waals surface area contributed by atoms with Crippen LogP contribution < -0.4 is 15.4 Å². The van der Waals surface area contributed by atoms with E-state index in [-0.39, 0.29) is 24.0 Å². The molecule has 0 aliphatic rings. The molecule has 0 spiro atoms. The van der Waals surface area contributed by atoms with E-state index in [1.165, 1.54) is 0 Å². The van der Waals surface area contributed by atoms with Crippen LogP contribution in [0.4, 0.5) is 0 Å². The van der Waals surface area contributed by atoms with Crippen molar-refractivity contribution in [3.63, 3.8) is 0 Å². The second-order valence-corrected chi connectivity index (χ2v) is 4.64. The fraction of sp³-hybridized carbons (Fsp3) is 0.400. The maximum atomic E-state index is 5.63. The second-order valence-electron chi connectivity index (χ2n) is 4.64. The Morgan fingerprint density at radius 2 is 2.04 bits per heavy atom. The van der Waals surface area contributed by atoms with Gasteiger partial charge in [-0.2, -0.15) is 0 Å². The summed E-state index contributed by atoms with van der Waals surface area (Å²) in [5.41, 5.74) is 0. The Morgan fingerprint density at radius 3 is 2.70 bits per heavy atom. The highest BCUT2D eigenvalue weighted by Gasteiger charge is 2.01. The van der Waals surface area contributed by atoms with Crippen molar-refractivity contribution in [1.82, 2.24) is 25.4 Å². The normalized spacial score (nSPS) is 10.8. The number of nitrogens with zero attached hydrogens (tertiary/aromatic N) is 4. The molecule has 2 N–H and O–H groups in total. The Morgan fingerprint density at radius 1 is 1.26 bits per heavy atom. The molecule has 0 bridgehead atoms. The summed E-state index contributed by atoms with van der Waals surface area (Å²) in [6, 6.07) is 9.75. The molecule has 7 nitrogen and oxygen atoms in total. The predicted octanol–water partition coefficient (Wildman–Crippen LogP) is 1.57. The zero-order chi connectivity index (χ0) is 15.6. The number of benzene rings is 1. The lowest BCUT2D eigenvalue weighted by atomic mass is 10.3. The van der Waals surface area contributed by atoms with Crippen LogP contribution in [0, 0.1) is 0 Å². The topological polar surface area (TPSA) is 76.4 Å². The molecule has 0 aliphatic carbocycles. The quantitative estimate of drug-likeness (QED) is 0.302. The van der Waals surface area contributed by atoms with Crippen molar-refractivity contribution >= 4 is 29.9 Å². The van der Waals surface area contributed by atoms with E-state index in [2.05, 4.69) is 25.8 Å². The van der Waals surface area contributed by atoms with Gasteiger partial charge in [-0.1, -0.05) is 18.2 Å². The van der Waals surface area contributed by atoms with Gasteiger partial charge in [0.15, 0.2) is 11.8 Å². The van der Waals surface area contributed by atoms with Crippen LogP contribution in [0.3, 0.4) is 0 Å². The highest BCUT2D eigenvalue weighted by Crippen LogP contribution is 2.07. The third kappa shape index (κ3) is 6.85. The van der Waals surface area contributed by atoms with Crippen molar-refractivity contribution < 1.29 is 4.74 Å². The summed E-state index contributed by atoms with van der Waals surface area (Å²) < 4.78 is 7.49. The van der Waals surface area contributed by atoms with Gasteiger partial charge in [0, 0.05) is 13.6 Å². The number of rotatable bonds is 7. The van der Waals surface area contributed by atoms with Crippen molar-refractivity contribution in [3.05, 3.63) is 42.5 Å². The summed E-state index contributed by atoms with van der Waals surface area (Å²) in [4.78, 5) is 4.48. The summed E-state index contributed by atoms with van der Waals surface area (Å²) in [7, 11) is 1.90. The highest BCUT2D eigenvalue weighted by molar-refractivity contribution is 14.0. The van der Waals surface area contributed by atoms with Gasteiger partial charge in [-0.15, -0.1) is 34.2 Å². The summed E-state index contributed by atoms with van der Waals surface area (Å²) in [6.07, 6.45) is 1.67. The van der Waals surface area contributed by atoms with E-state index in [9.17, 15) is 0 Å². The maximum Gasteiger partial charge on any atom is 0.191 e. The number of halogens is 1. The molecule has 0 aliphatic heterocycles. The monoisotopic (exact) mass is 430 g/mol. The average Bonchev–Trinajstić information content (AvgIpc) is 2.95. The molecule has 0 saturated heterocycles. The minimum atomic E-state index is 0. The van der Waals surface area contributed by atoms with E-state index < -0.39 is 0 Å². The van der Waals surface area contributed by atoms with E-state index in [4.69, 9.17) is 4.74 Å². The summed E-state index contributed by atoms with van der Waals surface area (Å²) in [6.45, 7) is 4.54. The molecule has 0 radical (unpaired) electrons. The molecule has 0 atom stereocenters. The van der Waals surface area contributed by atoms with E-state index in [1.54, 1.807) is 6.33 Å². The predicted molar refractivity (Wildman–Crippen MR) is 101 cm³/mol. The van der Waals surface area contributed by atoms with Gasteiger partial charge in [0.2, 0.25) is 0 Å². The zero-order valence-electron chi connectivity index (χ0n) is 13.4. The number of guanidine groups is 1. The number of nitrogens with one attached hydrogen (secondary N) is 2. The van der Waals surface area contributed by atoms with Gasteiger partial charge in [-0.25, -0.2) is 4.99 Å². The molecule has 0 amide bonds. The molecule has 126 valence electrons. The van der Waals surface area contributed by atoms with Gasteiger partial charge in [-0.3, -0.25) is 0 Å². The van der Waals surface area contributed by atoms with Crippen LogP contribution in [-0.4, -0.2) is 40.4 Å². The molecule has 1 aromatic heterocycles. The third-order valence-electron chi connectivity index (χ3n) is 2.93. The summed E-state index contributed by atoms with van der Waals surface area (Å²) in [5, 5.41) is 14.3. The Bertz CT molecular complexity index is 587. The van der Waals surface area contributed by atoms with Gasteiger partial charge < -0.3 is 19.9 Å². The lowest BCUT2D eigenvalue weighted by Gasteiger charge is -2.12. The number of aliphatic imine (C=N–C) groups is 1. The second kappa shape index (κ2) is 10.8. The van der Waals surface area contributed by atoms with Crippen molar-refractivity contribution in [1.29, 1.82) is 0 Å². The molecule has 0 saturated carbocycles. The summed E-state index contributed by atoms with van der Waals surface area (Å²) in [5.74, 6) is 2.42. The van der Waals surface area contributed by atoms with E-state index >= 15 is 0 Å². The molecule has 2 aromatic rings. The van der Waals surface area contributed by atoms with Crippen molar-refractivity contribution in [2.45, 2.75) is 13.5 Å². The lowest BCUT2D eigenvalue weighted by Crippen LogP contribution is -2.39. The van der Waals surface area contributed by atoms with Crippen LogP contribution in [0.15, 0.2) is 41.7 Å². The number of hydrogen-bond donors (Lipinski definition) is 2. The van der Waals surface area contributed by atoms with Crippen molar-refractivity contribution in [2.75, 3.05) is 19.7 Å². The van der Waals surface area contributed by atoms with Gasteiger partial charge in [-0.05, 0) is 19.1 Å². The van der Waals surface area contributed by atoms with Gasteiger partial charge >= 0.3 is 0 Å². The number of hydrogen-bond acceptors (Lipinski definition) is 4. The zero-order valence-corrected chi connectivity index (χ0v) is 15.7. The highest BCUT2D eigenvalue weighted by atomic mass is 127. The summed E-state index contributed by atoms with van der Waals surface area (Å²) >= 11 is 0. The van der Waals surface area contributed by atoms with Crippen LogP contribution >= 0.6 is 24.0 Å². The van der Waals surface area contributed by atoms with E-state index in [1.807, 2.05) is 48.9 Å². The minimum absolute atomic E-state index is 0. The third-order valence-corrected chi connectivity index (χ3v) is 2.93. The molecule has 23 heavy (non-hydrogen) atoms. The van der Waals surface area contributed by atoms with E-state index in [0.717, 1.165) is 24.1 Å². The van der Waals surface area contributed by atoms with Crippen LogP contribution in [0.5, 0.6) is 5.75 Å². The Balaban J connectivity index is 0.00000264. The lowest BCUT2D eigenvalue weighted by molar-refractivity contribution is 0.322. The SMILES string of the molecule is CCNC(=NCc1nncn1C)NCCOc1ccccc1.I. The first-order chi connectivity index (χ1) is 10.8. The number of aromatic nitrogens is 3. The first kappa shape index (κ1) is 19.2. The van der Waals surface area contributed by atoms with Gasteiger partial charge in [0.1, 0.15) is 25.2 Å². The Kier molecular flexibility index (Phi) is 9.03. The van der Waals surface area contributed by atoms with Crippen LogP contribution in [-0.2, 0) is 13.6 Å². The first-order valence-corrected chi connectivity index (χ1v) is 7.32. The minimum Gasteiger partial charge on any atom is -0.492 e. The molecular formula is C15H23IN6O. The Labute approximate surface area is 153 Å². The van der Waals surface area contributed by atoms with Gasteiger partial charge in [0.25, 0.3) is 0 Å². The standard InChI is InChI=1S/C15H22N6O.HI/c1-3-16-15(18-11-14-20-19-12-21(14)2)17-9-10-22-13-7-5-4-6-8-13;/h4-8,12H,3,9-11H2,1-2H3,(H2,16,17,18);1H. The van der Waals surface area contributed by atoms with Crippen LogP contribution in [0.25, 0.3) is 0 Å². The van der Waals surface area contributed by atoms with Crippen molar-refractivity contribution in [2.24, 2.45) is 12.0 Å². The van der Waals surface area contributed by atoms with Crippen LogP contribution in [0.2, 0.25) is 0 Å². The number of ether oxygens (including phenoxy) is 1. The Hall–Kier alpha value is -1.84. The largest absolute Gasteiger partial charge is 0.492 e. The molecule has 8 heteroatoms. The fourth-order valence-electron chi connectivity index (χ4n) is 1.80. The average molecular weight is 430 g/mol. The fourth-order valence-corrected chi connectivity index (χ4v) is 1.80. The van der Waals surface area contributed by atoms with Gasteiger partial charge in [0.05, 0.1) is 6.54 Å². The molecule has 0 fully saturated rings. The smallest absolute Gasteiger partial charge is 0.191 e. The number of aryl methyl sites for hydroxylation is 1. The molecule has 0 unspecified atom stereocenters. The van der Waals surface area contributed by atoms with Crippen molar-refractivity contribution in [3.8, 4) is 5.75 Å². The molecule has 1 heterocycles. The maximum absolute atomic E-state index is 5.63. The molecule has 2 rings (SSSR count). The number of para-hydroxylation sites is 1. The first-order valence-electron chi connectivity index (χ1n) is 7.32. The molecular weight excluding hydrogens is 407 g/mol. The van der Waals surface area contributed by atoms with E-state index in [0.29, 0.717) is 19.7 Å². The van der Waals surface area contributed by atoms with Crippen LogP contribution in [0.1, 0.15) is 12.7 Å². The molecule has 1 aromatic carbocycles.